The Bertz CT molecular complexity index is 418. The van der Waals surface area contributed by atoms with E-state index in [-0.39, 0.29) is 17.2 Å². The van der Waals surface area contributed by atoms with Gasteiger partial charge in [-0.1, -0.05) is 25.4 Å². The highest BCUT2D eigenvalue weighted by Gasteiger charge is 2.20. The van der Waals surface area contributed by atoms with Gasteiger partial charge in [-0.05, 0) is 23.6 Å². The number of carboxylic acid groups (broad SMARTS) is 1. The van der Waals surface area contributed by atoms with Crippen molar-refractivity contribution >= 4 is 17.6 Å². The van der Waals surface area contributed by atoms with Gasteiger partial charge in [-0.2, -0.15) is 0 Å². The van der Waals surface area contributed by atoms with Gasteiger partial charge >= 0.3 is 5.97 Å². The highest BCUT2D eigenvalue weighted by molar-refractivity contribution is 6.31. The summed E-state index contributed by atoms with van der Waals surface area (Å²) in [5, 5.41) is 18.8. The van der Waals surface area contributed by atoms with Crippen LogP contribution in [0.4, 0.5) is 0 Å². The van der Waals surface area contributed by atoms with Gasteiger partial charge in [0.05, 0.1) is 0 Å². The number of aromatic hydroxyl groups is 1. The molecule has 1 aromatic rings. The predicted molar refractivity (Wildman–Crippen MR) is 61.8 cm³/mol. The Labute approximate surface area is 98.6 Å². The van der Waals surface area contributed by atoms with Crippen molar-refractivity contribution in [1.29, 1.82) is 0 Å². The van der Waals surface area contributed by atoms with Crippen molar-refractivity contribution in [1.82, 2.24) is 0 Å². The minimum Gasteiger partial charge on any atom is -0.508 e. The van der Waals surface area contributed by atoms with E-state index in [1.807, 2.05) is 13.8 Å². The lowest BCUT2D eigenvalue weighted by Crippen LogP contribution is -2.20. The molecule has 16 heavy (non-hydrogen) atoms. The summed E-state index contributed by atoms with van der Waals surface area (Å²) in [5.74, 6) is -1.19. The number of phenolic OH excluding ortho intramolecular Hbond substituents is 1. The summed E-state index contributed by atoms with van der Waals surface area (Å²) >= 11 is 5.99. The van der Waals surface area contributed by atoms with Crippen LogP contribution in [0.3, 0.4) is 0 Å². The Hall–Kier alpha value is -1.26. The van der Waals surface area contributed by atoms with E-state index in [9.17, 15) is 9.90 Å². The average molecular weight is 244 g/mol. The van der Waals surface area contributed by atoms with Gasteiger partial charge in [0.2, 0.25) is 0 Å². The number of halogens is 1. The molecule has 0 aliphatic heterocycles. The van der Waals surface area contributed by atoms with Crippen LogP contribution < -0.4 is 5.73 Å². The van der Waals surface area contributed by atoms with E-state index in [1.54, 1.807) is 0 Å². The average Bonchev–Trinajstić information content (AvgIpc) is 2.19. The first-order chi connectivity index (χ1) is 7.34. The molecule has 0 aliphatic carbocycles. The molecule has 0 heterocycles. The summed E-state index contributed by atoms with van der Waals surface area (Å²) in [4.78, 5) is 10.7. The first kappa shape index (κ1) is 12.8. The third-order valence-electron chi connectivity index (χ3n) is 2.37. The number of benzene rings is 1. The third kappa shape index (κ3) is 2.46. The summed E-state index contributed by atoms with van der Waals surface area (Å²) in [5.41, 5.74) is 6.31. The second-order valence-corrected chi connectivity index (χ2v) is 4.31. The van der Waals surface area contributed by atoms with E-state index in [2.05, 4.69) is 0 Å². The largest absolute Gasteiger partial charge is 0.508 e. The molecule has 0 radical (unpaired) electrons. The first-order valence-electron chi connectivity index (χ1n) is 4.85. The maximum atomic E-state index is 10.7. The lowest BCUT2D eigenvalue weighted by atomic mass is 9.98. The van der Waals surface area contributed by atoms with Gasteiger partial charge in [0.15, 0.2) is 0 Å². The Morgan fingerprint density at radius 1 is 1.38 bits per heavy atom. The molecule has 0 bridgehead atoms. The fourth-order valence-electron chi connectivity index (χ4n) is 1.42. The zero-order chi connectivity index (χ0) is 12.5. The van der Waals surface area contributed by atoms with E-state index in [4.69, 9.17) is 22.4 Å². The molecular weight excluding hydrogens is 230 g/mol. The van der Waals surface area contributed by atoms with Gasteiger partial charge in [-0.15, -0.1) is 0 Å². The minimum absolute atomic E-state index is 0.127. The molecule has 5 heteroatoms. The third-order valence-corrected chi connectivity index (χ3v) is 2.70. The number of carbonyl (C=O) groups is 1. The van der Waals surface area contributed by atoms with Crippen LogP contribution in [0.2, 0.25) is 5.02 Å². The summed E-state index contributed by atoms with van der Waals surface area (Å²) in [6, 6.07) is 1.61. The van der Waals surface area contributed by atoms with E-state index < -0.39 is 12.0 Å². The molecule has 0 fully saturated rings. The first-order valence-corrected chi connectivity index (χ1v) is 5.23. The Morgan fingerprint density at radius 3 is 2.38 bits per heavy atom. The zero-order valence-electron chi connectivity index (χ0n) is 9.07. The normalized spacial score (nSPS) is 12.8. The molecule has 1 atom stereocenters. The van der Waals surface area contributed by atoms with Crippen LogP contribution in [0.25, 0.3) is 0 Å². The molecule has 0 aromatic heterocycles. The lowest BCUT2D eigenvalue weighted by molar-refractivity contribution is -0.138. The standard InChI is InChI=1S/C11H14ClNO3/c1-5(2)6-4-9(14)7(3-8(6)12)10(13)11(15)16/h3-5,10,14H,13H2,1-2H3,(H,15,16). The molecule has 1 aromatic carbocycles. The van der Waals surface area contributed by atoms with Crippen LogP contribution in [0.5, 0.6) is 5.75 Å². The van der Waals surface area contributed by atoms with Crippen molar-refractivity contribution in [2.24, 2.45) is 5.73 Å². The van der Waals surface area contributed by atoms with E-state index in [0.29, 0.717) is 5.02 Å². The van der Waals surface area contributed by atoms with Crippen LogP contribution in [0.1, 0.15) is 36.9 Å². The number of carboxylic acids is 1. The van der Waals surface area contributed by atoms with Crippen LogP contribution in [-0.4, -0.2) is 16.2 Å². The Kier molecular flexibility index (Phi) is 3.78. The van der Waals surface area contributed by atoms with Gasteiger partial charge in [-0.3, -0.25) is 4.79 Å². The summed E-state index contributed by atoms with van der Waals surface area (Å²) in [6.07, 6.45) is 0. The van der Waals surface area contributed by atoms with Gasteiger partial charge in [0.1, 0.15) is 11.8 Å². The molecule has 4 N–H and O–H groups in total. The minimum atomic E-state index is -1.27. The topological polar surface area (TPSA) is 83.5 Å². The molecule has 0 amide bonds. The van der Waals surface area contributed by atoms with Gasteiger partial charge < -0.3 is 15.9 Å². The predicted octanol–water partition coefficient (Wildman–Crippen LogP) is 2.25. The zero-order valence-corrected chi connectivity index (χ0v) is 9.82. The number of aliphatic carboxylic acids is 1. The van der Waals surface area contributed by atoms with Crippen molar-refractivity contribution < 1.29 is 15.0 Å². The fraction of sp³-hybridized carbons (Fsp3) is 0.364. The SMILES string of the molecule is CC(C)c1cc(O)c(C(N)C(=O)O)cc1Cl. The second-order valence-electron chi connectivity index (χ2n) is 3.90. The van der Waals surface area contributed by atoms with Gasteiger partial charge in [0, 0.05) is 10.6 Å². The molecule has 88 valence electrons. The highest BCUT2D eigenvalue weighted by Crippen LogP contribution is 2.33. The molecule has 0 saturated heterocycles. The second kappa shape index (κ2) is 4.72. The molecular formula is C11H14ClNO3. The maximum Gasteiger partial charge on any atom is 0.325 e. The van der Waals surface area contributed by atoms with Crippen molar-refractivity contribution in [3.05, 3.63) is 28.3 Å². The van der Waals surface area contributed by atoms with Crippen LogP contribution in [0.15, 0.2) is 12.1 Å². The molecule has 0 saturated carbocycles. The smallest absolute Gasteiger partial charge is 0.325 e. The van der Waals surface area contributed by atoms with Crippen LogP contribution >= 0.6 is 11.6 Å². The van der Waals surface area contributed by atoms with E-state index in [0.717, 1.165) is 5.56 Å². The van der Waals surface area contributed by atoms with Gasteiger partial charge in [-0.25, -0.2) is 0 Å². The van der Waals surface area contributed by atoms with Crippen LogP contribution in [0, 0.1) is 0 Å². The quantitative estimate of drug-likeness (QED) is 0.760. The van der Waals surface area contributed by atoms with E-state index in [1.165, 1.54) is 12.1 Å². The maximum absolute atomic E-state index is 10.7. The molecule has 0 spiro atoms. The molecule has 1 unspecified atom stereocenters. The van der Waals surface area contributed by atoms with E-state index >= 15 is 0 Å². The highest BCUT2D eigenvalue weighted by atomic mass is 35.5. The van der Waals surface area contributed by atoms with Crippen LogP contribution in [-0.2, 0) is 4.79 Å². The molecule has 1 rings (SSSR count). The van der Waals surface area contributed by atoms with Crippen molar-refractivity contribution in [3.63, 3.8) is 0 Å². The van der Waals surface area contributed by atoms with Crippen molar-refractivity contribution in [2.45, 2.75) is 25.8 Å². The van der Waals surface area contributed by atoms with Crippen molar-refractivity contribution in [3.8, 4) is 5.75 Å². The number of phenols is 1. The summed E-state index contributed by atoms with van der Waals surface area (Å²) < 4.78 is 0. The van der Waals surface area contributed by atoms with Crippen molar-refractivity contribution in [2.75, 3.05) is 0 Å². The summed E-state index contributed by atoms with van der Waals surface area (Å²) in [7, 11) is 0. The number of hydrogen-bond donors (Lipinski definition) is 3. The molecule has 4 nitrogen and oxygen atoms in total. The Balaban J connectivity index is 3.25. The lowest BCUT2D eigenvalue weighted by Gasteiger charge is -2.14. The number of rotatable bonds is 3. The fourth-order valence-corrected chi connectivity index (χ4v) is 1.81. The monoisotopic (exact) mass is 243 g/mol. The summed E-state index contributed by atoms with van der Waals surface area (Å²) in [6.45, 7) is 3.86. The Morgan fingerprint density at radius 2 is 1.94 bits per heavy atom. The number of hydrogen-bond acceptors (Lipinski definition) is 3. The molecule has 0 aliphatic rings. The number of nitrogens with two attached hydrogens (primary N) is 1. The van der Waals surface area contributed by atoms with Gasteiger partial charge in [0.25, 0.3) is 0 Å².